The van der Waals surface area contributed by atoms with Crippen molar-refractivity contribution in [3.8, 4) is 0 Å². The van der Waals surface area contributed by atoms with Crippen molar-refractivity contribution in [2.75, 3.05) is 7.11 Å². The Labute approximate surface area is 103 Å². The number of benzene rings is 1. The zero-order chi connectivity index (χ0) is 12.3. The van der Waals surface area contributed by atoms with Gasteiger partial charge in [-0.2, -0.15) is 0 Å². The second kappa shape index (κ2) is 5.46. The summed E-state index contributed by atoms with van der Waals surface area (Å²) >= 11 is 0. The van der Waals surface area contributed by atoms with Crippen LogP contribution in [0.1, 0.15) is 54.4 Å². The number of rotatable bonds is 5. The van der Waals surface area contributed by atoms with Gasteiger partial charge in [0.15, 0.2) is 5.78 Å². The molecule has 0 aromatic heterocycles. The fraction of sp³-hybridized carbons (Fsp3) is 0.533. The van der Waals surface area contributed by atoms with E-state index in [1.54, 1.807) is 7.11 Å². The SMILES string of the molecule is CCC(OC)C(=O)c1cccc(C2CCC2)c1. The van der Waals surface area contributed by atoms with Gasteiger partial charge in [0.1, 0.15) is 6.10 Å². The van der Waals surface area contributed by atoms with Gasteiger partial charge in [-0.1, -0.05) is 31.5 Å². The van der Waals surface area contributed by atoms with Crippen molar-refractivity contribution in [2.45, 2.75) is 44.6 Å². The summed E-state index contributed by atoms with van der Waals surface area (Å²) in [7, 11) is 1.60. The van der Waals surface area contributed by atoms with Crippen LogP contribution in [0.5, 0.6) is 0 Å². The van der Waals surface area contributed by atoms with Crippen LogP contribution in [0.25, 0.3) is 0 Å². The number of carbonyl (C=O) groups is 1. The van der Waals surface area contributed by atoms with Gasteiger partial charge in [0.25, 0.3) is 0 Å². The highest BCUT2D eigenvalue weighted by Crippen LogP contribution is 2.36. The maximum absolute atomic E-state index is 12.2. The Morgan fingerprint density at radius 1 is 1.47 bits per heavy atom. The van der Waals surface area contributed by atoms with Gasteiger partial charge in [-0.05, 0) is 36.8 Å². The minimum Gasteiger partial charge on any atom is -0.373 e. The third-order valence-electron chi connectivity index (χ3n) is 3.70. The summed E-state index contributed by atoms with van der Waals surface area (Å²) in [5, 5.41) is 0. The molecule has 0 radical (unpaired) electrons. The van der Waals surface area contributed by atoms with E-state index in [1.807, 2.05) is 25.1 Å². The molecule has 17 heavy (non-hydrogen) atoms. The molecule has 1 saturated carbocycles. The standard InChI is InChI=1S/C15H20O2/c1-3-14(17-2)15(16)13-9-5-8-12(10-13)11-6-4-7-11/h5,8-11,14H,3-4,6-7H2,1-2H3. The lowest BCUT2D eigenvalue weighted by atomic mass is 9.79. The predicted octanol–water partition coefficient (Wildman–Crippen LogP) is 3.56. The summed E-state index contributed by atoms with van der Waals surface area (Å²) in [5.41, 5.74) is 2.11. The van der Waals surface area contributed by atoms with Crippen molar-refractivity contribution < 1.29 is 9.53 Å². The van der Waals surface area contributed by atoms with Crippen LogP contribution >= 0.6 is 0 Å². The Kier molecular flexibility index (Phi) is 3.95. The first-order valence-corrected chi connectivity index (χ1v) is 6.43. The van der Waals surface area contributed by atoms with Crippen LogP contribution in [-0.4, -0.2) is 19.0 Å². The molecular weight excluding hydrogens is 212 g/mol. The first-order valence-electron chi connectivity index (χ1n) is 6.43. The molecule has 1 atom stereocenters. The van der Waals surface area contributed by atoms with Gasteiger partial charge in [-0.15, -0.1) is 0 Å². The highest BCUT2D eigenvalue weighted by molar-refractivity contribution is 5.99. The zero-order valence-electron chi connectivity index (χ0n) is 10.6. The zero-order valence-corrected chi connectivity index (χ0v) is 10.6. The molecule has 1 aliphatic carbocycles. The van der Waals surface area contributed by atoms with Gasteiger partial charge in [0.05, 0.1) is 0 Å². The van der Waals surface area contributed by atoms with E-state index in [0.29, 0.717) is 5.92 Å². The van der Waals surface area contributed by atoms with E-state index in [2.05, 4.69) is 6.07 Å². The molecule has 0 saturated heterocycles. The molecule has 2 rings (SSSR count). The van der Waals surface area contributed by atoms with Crippen molar-refractivity contribution in [3.63, 3.8) is 0 Å². The number of carbonyl (C=O) groups excluding carboxylic acids is 1. The predicted molar refractivity (Wildman–Crippen MR) is 68.5 cm³/mol. The summed E-state index contributed by atoms with van der Waals surface area (Å²) in [6.45, 7) is 1.97. The van der Waals surface area contributed by atoms with Gasteiger partial charge < -0.3 is 4.74 Å². The lowest BCUT2D eigenvalue weighted by Gasteiger charge is -2.26. The molecule has 2 heteroatoms. The second-order valence-corrected chi connectivity index (χ2v) is 4.75. The smallest absolute Gasteiger partial charge is 0.191 e. The summed E-state index contributed by atoms with van der Waals surface area (Å²) in [6.07, 6.45) is 4.27. The van der Waals surface area contributed by atoms with Gasteiger partial charge in [0, 0.05) is 12.7 Å². The quantitative estimate of drug-likeness (QED) is 0.725. The molecule has 1 aromatic rings. The van der Waals surface area contributed by atoms with Crippen LogP contribution in [0.4, 0.5) is 0 Å². The average molecular weight is 232 g/mol. The van der Waals surface area contributed by atoms with E-state index in [9.17, 15) is 4.79 Å². The molecule has 0 spiro atoms. The van der Waals surface area contributed by atoms with Crippen LogP contribution in [0, 0.1) is 0 Å². The summed E-state index contributed by atoms with van der Waals surface area (Å²) in [6, 6.07) is 8.07. The van der Waals surface area contributed by atoms with Crippen LogP contribution in [-0.2, 0) is 4.74 Å². The first kappa shape index (κ1) is 12.3. The molecule has 1 unspecified atom stereocenters. The molecule has 1 aromatic carbocycles. The van der Waals surface area contributed by atoms with E-state index in [-0.39, 0.29) is 11.9 Å². The molecule has 0 heterocycles. The van der Waals surface area contributed by atoms with Crippen molar-refractivity contribution in [1.29, 1.82) is 0 Å². The largest absolute Gasteiger partial charge is 0.373 e. The average Bonchev–Trinajstić information content (AvgIpc) is 2.28. The third kappa shape index (κ3) is 2.58. The molecular formula is C15H20O2. The number of hydrogen-bond donors (Lipinski definition) is 0. The number of ether oxygens (including phenoxy) is 1. The Bertz CT molecular complexity index is 390. The van der Waals surface area contributed by atoms with Gasteiger partial charge in [-0.25, -0.2) is 0 Å². The summed E-state index contributed by atoms with van der Waals surface area (Å²) < 4.78 is 5.21. The molecule has 1 fully saturated rings. The molecule has 92 valence electrons. The van der Waals surface area contributed by atoms with Crippen LogP contribution < -0.4 is 0 Å². The van der Waals surface area contributed by atoms with Gasteiger partial charge in [-0.3, -0.25) is 4.79 Å². The Hall–Kier alpha value is -1.15. The maximum atomic E-state index is 12.2. The fourth-order valence-corrected chi connectivity index (χ4v) is 2.33. The minimum absolute atomic E-state index is 0.108. The highest BCUT2D eigenvalue weighted by atomic mass is 16.5. The lowest BCUT2D eigenvalue weighted by molar-refractivity contribution is 0.0595. The Morgan fingerprint density at radius 3 is 2.76 bits per heavy atom. The third-order valence-corrected chi connectivity index (χ3v) is 3.70. The number of hydrogen-bond acceptors (Lipinski definition) is 2. The Morgan fingerprint density at radius 2 is 2.24 bits per heavy atom. The molecule has 0 bridgehead atoms. The topological polar surface area (TPSA) is 26.3 Å². The fourth-order valence-electron chi connectivity index (χ4n) is 2.33. The molecule has 0 N–H and O–H groups in total. The highest BCUT2D eigenvalue weighted by Gasteiger charge is 2.22. The first-order chi connectivity index (χ1) is 8.26. The molecule has 0 aliphatic heterocycles. The molecule has 0 amide bonds. The van der Waals surface area contributed by atoms with Crippen molar-refractivity contribution in [3.05, 3.63) is 35.4 Å². The van der Waals surface area contributed by atoms with E-state index >= 15 is 0 Å². The van der Waals surface area contributed by atoms with Crippen molar-refractivity contribution >= 4 is 5.78 Å². The van der Waals surface area contributed by atoms with Crippen molar-refractivity contribution in [2.24, 2.45) is 0 Å². The summed E-state index contributed by atoms with van der Waals surface area (Å²) in [4.78, 5) is 12.2. The lowest BCUT2D eigenvalue weighted by Crippen LogP contribution is -2.22. The normalized spacial score (nSPS) is 17.5. The van der Waals surface area contributed by atoms with Crippen molar-refractivity contribution in [1.82, 2.24) is 0 Å². The van der Waals surface area contributed by atoms with E-state index in [0.717, 1.165) is 12.0 Å². The van der Waals surface area contributed by atoms with Gasteiger partial charge in [0.2, 0.25) is 0 Å². The monoisotopic (exact) mass is 232 g/mol. The molecule has 1 aliphatic rings. The maximum Gasteiger partial charge on any atom is 0.191 e. The Balaban J connectivity index is 2.17. The van der Waals surface area contributed by atoms with E-state index in [4.69, 9.17) is 4.74 Å². The van der Waals surface area contributed by atoms with Crippen LogP contribution in [0.15, 0.2) is 24.3 Å². The van der Waals surface area contributed by atoms with Crippen LogP contribution in [0.2, 0.25) is 0 Å². The minimum atomic E-state index is -0.299. The number of Topliss-reactive ketones (excluding diaryl/α,β-unsaturated/α-hetero) is 1. The van der Waals surface area contributed by atoms with Gasteiger partial charge >= 0.3 is 0 Å². The second-order valence-electron chi connectivity index (χ2n) is 4.75. The number of ketones is 1. The van der Waals surface area contributed by atoms with E-state index < -0.39 is 0 Å². The summed E-state index contributed by atoms with van der Waals surface area (Å²) in [5.74, 6) is 0.779. The number of methoxy groups -OCH3 is 1. The van der Waals surface area contributed by atoms with Crippen LogP contribution in [0.3, 0.4) is 0 Å². The van der Waals surface area contributed by atoms with E-state index in [1.165, 1.54) is 24.8 Å². The molecule has 2 nitrogen and oxygen atoms in total.